The summed E-state index contributed by atoms with van der Waals surface area (Å²) in [6.07, 6.45) is 2.14. The number of ether oxygens (including phenoxy) is 1. The highest BCUT2D eigenvalue weighted by Crippen LogP contribution is 2.42. The Bertz CT molecular complexity index is 1190. The minimum atomic E-state index is -0.410. The molecule has 2 heterocycles. The molecule has 0 amide bonds. The van der Waals surface area contributed by atoms with Gasteiger partial charge in [-0.05, 0) is 43.0 Å². The van der Waals surface area contributed by atoms with Gasteiger partial charge in [-0.25, -0.2) is 4.68 Å². The monoisotopic (exact) mass is 448 g/mol. The summed E-state index contributed by atoms with van der Waals surface area (Å²) in [5, 5.41) is 18.9. The van der Waals surface area contributed by atoms with Gasteiger partial charge in [-0.3, -0.25) is 4.79 Å². The van der Waals surface area contributed by atoms with Gasteiger partial charge in [0.25, 0.3) is 0 Å². The second-order valence-electron chi connectivity index (χ2n) is 7.79. The fourth-order valence-electron chi connectivity index (χ4n) is 4.20. The molecule has 32 heavy (non-hydrogen) atoms. The summed E-state index contributed by atoms with van der Waals surface area (Å²) in [6.45, 7) is 2.30. The Morgan fingerprint density at radius 1 is 1.22 bits per heavy atom. The van der Waals surface area contributed by atoms with E-state index < -0.39 is 6.04 Å². The van der Waals surface area contributed by atoms with Crippen LogP contribution < -0.4 is 10.1 Å². The van der Waals surface area contributed by atoms with E-state index >= 15 is 0 Å². The van der Waals surface area contributed by atoms with Gasteiger partial charge in [0.15, 0.2) is 17.3 Å². The van der Waals surface area contributed by atoms with Crippen molar-refractivity contribution in [1.29, 1.82) is 0 Å². The van der Waals surface area contributed by atoms with E-state index in [4.69, 9.17) is 14.8 Å². The number of rotatable bonds is 6. The molecule has 1 aliphatic heterocycles. The van der Waals surface area contributed by atoms with E-state index in [1.54, 1.807) is 28.6 Å². The Kier molecular flexibility index (Phi) is 5.61. The number of allylic oxidation sites excluding steroid dienone is 2. The number of benzene rings is 2. The second kappa shape index (κ2) is 8.70. The quantitative estimate of drug-likeness (QED) is 0.529. The van der Waals surface area contributed by atoms with Crippen LogP contribution in [0.4, 0.5) is 5.95 Å². The standard InChI is InChI=1S/C24H24N4O3S/c1-2-31-20-13-16(11-12-18(20)29)22-21-17(9-6-10-19(21)30)25-23-26-24(27-28(22)23)32-14-15-7-4-3-5-8-15/h3-5,7-8,11-13,22,29H,2,6,9-10,14H2,1H3,(H,25,26,27)/t22-/m1/s1. The lowest BCUT2D eigenvalue weighted by molar-refractivity contribution is -0.116. The lowest BCUT2D eigenvalue weighted by atomic mass is 9.85. The van der Waals surface area contributed by atoms with Crippen LogP contribution in [0, 0.1) is 0 Å². The minimum absolute atomic E-state index is 0.0756. The van der Waals surface area contributed by atoms with E-state index in [-0.39, 0.29) is 11.5 Å². The molecule has 0 saturated heterocycles. The van der Waals surface area contributed by atoms with Crippen LogP contribution in [-0.2, 0) is 10.5 Å². The van der Waals surface area contributed by atoms with Crippen LogP contribution in [0.2, 0.25) is 0 Å². The molecule has 5 rings (SSSR count). The molecule has 1 aromatic heterocycles. The molecule has 1 atom stereocenters. The third-order valence-corrected chi connectivity index (χ3v) is 6.57. The van der Waals surface area contributed by atoms with Crippen molar-refractivity contribution in [3.63, 3.8) is 0 Å². The van der Waals surface area contributed by atoms with Crippen molar-refractivity contribution in [2.24, 2.45) is 0 Å². The number of nitrogens with zero attached hydrogens (tertiary/aromatic N) is 3. The number of nitrogens with one attached hydrogen (secondary N) is 1. The van der Waals surface area contributed by atoms with Crippen LogP contribution >= 0.6 is 11.8 Å². The number of phenols is 1. The number of phenolic OH excluding ortho intramolecular Hbond substituents is 1. The molecule has 3 aromatic rings. The first-order valence-corrected chi connectivity index (χ1v) is 11.7. The Labute approximate surface area is 190 Å². The van der Waals surface area contributed by atoms with Gasteiger partial charge in [-0.15, -0.1) is 5.10 Å². The van der Waals surface area contributed by atoms with E-state index in [9.17, 15) is 9.90 Å². The number of hydrogen-bond acceptors (Lipinski definition) is 7. The van der Waals surface area contributed by atoms with Gasteiger partial charge in [-0.1, -0.05) is 48.2 Å². The molecular formula is C24H24N4O3S. The van der Waals surface area contributed by atoms with Crippen molar-refractivity contribution in [3.8, 4) is 11.5 Å². The lowest BCUT2D eigenvalue weighted by Gasteiger charge is -2.32. The molecule has 0 fully saturated rings. The molecular weight excluding hydrogens is 424 g/mol. The smallest absolute Gasteiger partial charge is 0.227 e. The summed E-state index contributed by atoms with van der Waals surface area (Å²) in [5.41, 5.74) is 3.67. The molecule has 2 N–H and O–H groups in total. The minimum Gasteiger partial charge on any atom is -0.504 e. The molecule has 8 heteroatoms. The van der Waals surface area contributed by atoms with Crippen molar-refractivity contribution in [2.75, 3.05) is 11.9 Å². The van der Waals surface area contributed by atoms with Gasteiger partial charge in [0, 0.05) is 23.4 Å². The predicted molar refractivity (Wildman–Crippen MR) is 123 cm³/mol. The SMILES string of the molecule is CCOc1cc([C@@H]2C3=C(CCCC3=O)Nc3nc(SCc4ccccc4)nn32)ccc1O. The highest BCUT2D eigenvalue weighted by molar-refractivity contribution is 7.98. The fraction of sp³-hybridized carbons (Fsp3) is 0.292. The van der Waals surface area contributed by atoms with Crippen LogP contribution in [0.15, 0.2) is 65.0 Å². The van der Waals surface area contributed by atoms with E-state index in [1.165, 1.54) is 5.56 Å². The molecule has 2 aromatic carbocycles. The fourth-order valence-corrected chi connectivity index (χ4v) is 4.98. The van der Waals surface area contributed by atoms with Gasteiger partial charge in [0.05, 0.1) is 6.61 Å². The van der Waals surface area contributed by atoms with Crippen LogP contribution in [-0.4, -0.2) is 32.3 Å². The number of carbonyl (C=O) groups is 1. The van der Waals surface area contributed by atoms with Crippen molar-refractivity contribution < 1.29 is 14.6 Å². The van der Waals surface area contributed by atoms with Crippen molar-refractivity contribution in [2.45, 2.75) is 43.1 Å². The number of ketones is 1. The number of carbonyl (C=O) groups excluding carboxylic acids is 1. The maximum Gasteiger partial charge on any atom is 0.227 e. The maximum atomic E-state index is 13.0. The first kappa shape index (κ1) is 20.6. The third kappa shape index (κ3) is 3.86. The summed E-state index contributed by atoms with van der Waals surface area (Å²) < 4.78 is 7.38. The van der Waals surface area contributed by atoms with Crippen LogP contribution in [0.3, 0.4) is 0 Å². The summed E-state index contributed by atoms with van der Waals surface area (Å²) in [4.78, 5) is 17.7. The molecule has 164 valence electrons. The van der Waals surface area contributed by atoms with Gasteiger partial charge in [-0.2, -0.15) is 4.98 Å². The third-order valence-electron chi connectivity index (χ3n) is 5.66. The molecule has 1 aliphatic carbocycles. The predicted octanol–water partition coefficient (Wildman–Crippen LogP) is 4.70. The van der Waals surface area contributed by atoms with Crippen LogP contribution in [0.25, 0.3) is 0 Å². The number of anilines is 1. The van der Waals surface area contributed by atoms with Gasteiger partial charge in [0.1, 0.15) is 6.04 Å². The zero-order valence-corrected chi connectivity index (χ0v) is 18.6. The number of aromatic nitrogens is 3. The van der Waals surface area contributed by atoms with Crippen molar-refractivity contribution in [1.82, 2.24) is 14.8 Å². The first-order chi connectivity index (χ1) is 15.6. The van der Waals surface area contributed by atoms with E-state index in [0.717, 1.165) is 35.4 Å². The second-order valence-corrected chi connectivity index (χ2v) is 8.74. The Balaban J connectivity index is 1.54. The molecule has 0 unspecified atom stereocenters. The maximum absolute atomic E-state index is 13.0. The van der Waals surface area contributed by atoms with Gasteiger partial charge < -0.3 is 15.2 Å². The molecule has 7 nitrogen and oxygen atoms in total. The van der Waals surface area contributed by atoms with Crippen LogP contribution in [0.5, 0.6) is 11.5 Å². The van der Waals surface area contributed by atoms with Gasteiger partial charge >= 0.3 is 0 Å². The number of hydrogen-bond donors (Lipinski definition) is 2. The normalized spacial score (nSPS) is 17.5. The topological polar surface area (TPSA) is 89.3 Å². The summed E-state index contributed by atoms with van der Waals surface area (Å²) in [7, 11) is 0. The van der Waals surface area contributed by atoms with Crippen LogP contribution in [0.1, 0.15) is 43.4 Å². The molecule has 0 bridgehead atoms. The lowest BCUT2D eigenvalue weighted by Crippen LogP contribution is -2.31. The van der Waals surface area contributed by atoms with Crippen molar-refractivity contribution in [3.05, 3.63) is 70.9 Å². The Morgan fingerprint density at radius 3 is 2.88 bits per heavy atom. The highest BCUT2D eigenvalue weighted by Gasteiger charge is 2.37. The summed E-state index contributed by atoms with van der Waals surface area (Å²) in [5.74, 6) is 1.98. The molecule has 0 saturated carbocycles. The molecule has 0 radical (unpaired) electrons. The molecule has 0 spiro atoms. The molecule has 2 aliphatic rings. The van der Waals surface area contributed by atoms with Gasteiger partial charge in [0.2, 0.25) is 11.1 Å². The Hall–Kier alpha value is -3.26. The Morgan fingerprint density at radius 2 is 2.06 bits per heavy atom. The average molecular weight is 449 g/mol. The number of thioether (sulfide) groups is 1. The van der Waals surface area contributed by atoms with E-state index in [0.29, 0.717) is 29.9 Å². The highest BCUT2D eigenvalue weighted by atomic mass is 32.2. The average Bonchev–Trinajstić information content (AvgIpc) is 3.21. The van der Waals surface area contributed by atoms with E-state index in [1.807, 2.05) is 31.2 Å². The van der Waals surface area contributed by atoms with E-state index in [2.05, 4.69) is 17.4 Å². The zero-order chi connectivity index (χ0) is 22.1. The van der Waals surface area contributed by atoms with Crippen molar-refractivity contribution >= 4 is 23.5 Å². The summed E-state index contributed by atoms with van der Waals surface area (Å²) >= 11 is 1.56. The first-order valence-electron chi connectivity index (χ1n) is 10.8. The number of Topliss-reactive ketones (excluding diaryl/α,β-unsaturated/α-hetero) is 1. The zero-order valence-electron chi connectivity index (χ0n) is 17.7. The largest absolute Gasteiger partial charge is 0.504 e. The number of aromatic hydroxyl groups is 1. The number of fused-ring (bicyclic) bond motifs is 1. The summed E-state index contributed by atoms with van der Waals surface area (Å²) in [6, 6.07) is 15.0.